The minimum atomic E-state index is 0.151. The van der Waals surface area contributed by atoms with Gasteiger partial charge in [-0.25, -0.2) is 0 Å². The molecule has 0 saturated heterocycles. The second-order valence-corrected chi connectivity index (χ2v) is 4.48. The standard InChI is InChI=1S/C7H9IOSi/c8-6-3-5(4-9)1-2-7(6)10/h1-3,9H,4H2,10H3. The van der Waals surface area contributed by atoms with Crippen LogP contribution in [0, 0.1) is 3.57 Å². The third-order valence-electron chi connectivity index (χ3n) is 1.42. The van der Waals surface area contributed by atoms with Crippen molar-refractivity contribution in [3.05, 3.63) is 27.3 Å². The number of aliphatic hydroxyl groups excluding tert-OH is 1. The van der Waals surface area contributed by atoms with Gasteiger partial charge in [0.05, 0.1) is 6.61 Å². The summed E-state index contributed by atoms with van der Waals surface area (Å²) in [6.07, 6.45) is 0. The predicted octanol–water partition coefficient (Wildman–Crippen LogP) is -0.226. The Morgan fingerprint density at radius 1 is 1.50 bits per heavy atom. The summed E-state index contributed by atoms with van der Waals surface area (Å²) in [5.74, 6) is 0. The molecule has 0 spiro atoms. The smallest absolute Gasteiger partial charge is 0.0682 e. The van der Waals surface area contributed by atoms with Crippen LogP contribution in [-0.4, -0.2) is 15.3 Å². The Balaban J connectivity index is 3.04. The van der Waals surface area contributed by atoms with Crippen LogP contribution in [0.5, 0.6) is 0 Å². The molecule has 0 aliphatic rings. The maximum absolute atomic E-state index is 8.76. The fourth-order valence-electron chi connectivity index (χ4n) is 0.735. The van der Waals surface area contributed by atoms with Crippen LogP contribution in [0.25, 0.3) is 0 Å². The van der Waals surface area contributed by atoms with Crippen molar-refractivity contribution < 1.29 is 5.11 Å². The number of aliphatic hydroxyl groups is 1. The van der Waals surface area contributed by atoms with Gasteiger partial charge < -0.3 is 5.11 Å². The van der Waals surface area contributed by atoms with Crippen molar-refractivity contribution in [3.63, 3.8) is 0 Å². The van der Waals surface area contributed by atoms with Crippen LogP contribution in [0.3, 0.4) is 0 Å². The topological polar surface area (TPSA) is 20.2 Å². The average Bonchev–Trinajstić information content (AvgIpc) is 1.95. The average molecular weight is 264 g/mol. The van der Waals surface area contributed by atoms with E-state index in [1.807, 2.05) is 12.1 Å². The second-order valence-electron chi connectivity index (χ2n) is 2.24. The molecule has 1 rings (SSSR count). The fraction of sp³-hybridized carbons (Fsp3) is 0.143. The van der Waals surface area contributed by atoms with E-state index in [9.17, 15) is 0 Å². The van der Waals surface area contributed by atoms with Crippen molar-refractivity contribution in [1.29, 1.82) is 0 Å². The first-order chi connectivity index (χ1) is 4.74. The van der Waals surface area contributed by atoms with Crippen molar-refractivity contribution in [3.8, 4) is 0 Å². The molecule has 0 unspecified atom stereocenters. The maximum atomic E-state index is 8.76. The van der Waals surface area contributed by atoms with Crippen molar-refractivity contribution >= 4 is 38.0 Å². The summed E-state index contributed by atoms with van der Waals surface area (Å²) < 4.78 is 1.27. The predicted molar refractivity (Wildman–Crippen MR) is 54.7 cm³/mol. The molecule has 0 heterocycles. The van der Waals surface area contributed by atoms with Crippen molar-refractivity contribution in [1.82, 2.24) is 0 Å². The van der Waals surface area contributed by atoms with Crippen LogP contribution in [0.1, 0.15) is 5.56 Å². The molecule has 0 atom stereocenters. The third-order valence-corrected chi connectivity index (χ3v) is 4.47. The Kier molecular flexibility index (Phi) is 2.88. The summed E-state index contributed by atoms with van der Waals surface area (Å²) in [5, 5.41) is 10.2. The monoisotopic (exact) mass is 264 g/mol. The van der Waals surface area contributed by atoms with Crippen LogP contribution in [0.15, 0.2) is 18.2 Å². The Bertz CT molecular complexity index is 237. The van der Waals surface area contributed by atoms with E-state index < -0.39 is 0 Å². The third kappa shape index (κ3) is 1.80. The van der Waals surface area contributed by atoms with Gasteiger partial charge >= 0.3 is 0 Å². The van der Waals surface area contributed by atoms with E-state index in [0.29, 0.717) is 0 Å². The molecule has 0 radical (unpaired) electrons. The van der Waals surface area contributed by atoms with Gasteiger partial charge in [-0.05, 0) is 34.2 Å². The van der Waals surface area contributed by atoms with E-state index in [1.54, 1.807) is 0 Å². The summed E-state index contributed by atoms with van der Waals surface area (Å²) in [6, 6.07) is 6.09. The maximum Gasteiger partial charge on any atom is 0.0682 e. The summed E-state index contributed by atoms with van der Waals surface area (Å²) in [4.78, 5) is 0. The highest BCUT2D eigenvalue weighted by molar-refractivity contribution is 14.1. The molecule has 0 bridgehead atoms. The van der Waals surface area contributed by atoms with Crippen LogP contribution in [0.4, 0.5) is 0 Å². The lowest BCUT2D eigenvalue weighted by molar-refractivity contribution is 0.282. The van der Waals surface area contributed by atoms with Gasteiger partial charge in [-0.15, -0.1) is 0 Å². The number of halogens is 1. The van der Waals surface area contributed by atoms with E-state index in [4.69, 9.17) is 5.11 Å². The van der Waals surface area contributed by atoms with Gasteiger partial charge in [0, 0.05) is 13.8 Å². The van der Waals surface area contributed by atoms with Gasteiger partial charge in [-0.2, -0.15) is 0 Å². The van der Waals surface area contributed by atoms with E-state index in [2.05, 4.69) is 28.7 Å². The van der Waals surface area contributed by atoms with E-state index >= 15 is 0 Å². The molecule has 1 aromatic carbocycles. The molecule has 0 amide bonds. The minimum Gasteiger partial charge on any atom is -0.392 e. The first kappa shape index (κ1) is 8.23. The molecule has 54 valence electrons. The van der Waals surface area contributed by atoms with Gasteiger partial charge in [0.1, 0.15) is 0 Å². The Morgan fingerprint density at radius 2 is 2.20 bits per heavy atom. The first-order valence-corrected chi connectivity index (χ1v) is 5.18. The summed E-state index contributed by atoms with van der Waals surface area (Å²) in [5.41, 5.74) is 1.00. The van der Waals surface area contributed by atoms with Crippen LogP contribution < -0.4 is 5.19 Å². The molecule has 0 saturated carbocycles. The molecule has 0 aliphatic heterocycles. The van der Waals surface area contributed by atoms with E-state index in [1.165, 1.54) is 8.76 Å². The van der Waals surface area contributed by atoms with Crippen molar-refractivity contribution in [2.45, 2.75) is 6.61 Å². The van der Waals surface area contributed by atoms with Crippen LogP contribution in [0.2, 0.25) is 0 Å². The van der Waals surface area contributed by atoms with Gasteiger partial charge in [0.25, 0.3) is 0 Å². The molecule has 3 heteroatoms. The highest BCUT2D eigenvalue weighted by Crippen LogP contribution is 2.04. The zero-order chi connectivity index (χ0) is 7.56. The number of hydrogen-bond donors (Lipinski definition) is 1. The van der Waals surface area contributed by atoms with Gasteiger partial charge in [0.2, 0.25) is 0 Å². The van der Waals surface area contributed by atoms with Crippen LogP contribution >= 0.6 is 22.6 Å². The lowest BCUT2D eigenvalue weighted by atomic mass is 10.2. The van der Waals surface area contributed by atoms with E-state index in [-0.39, 0.29) is 6.61 Å². The molecule has 1 nitrogen and oxygen atoms in total. The Hall–Kier alpha value is 0.127. The quantitative estimate of drug-likeness (QED) is 0.549. The zero-order valence-electron chi connectivity index (χ0n) is 5.76. The molecule has 0 aromatic heterocycles. The van der Waals surface area contributed by atoms with Crippen molar-refractivity contribution in [2.24, 2.45) is 0 Å². The number of hydrogen-bond acceptors (Lipinski definition) is 1. The SMILES string of the molecule is OCc1ccc([SiH3])c(I)c1. The highest BCUT2D eigenvalue weighted by atomic mass is 127. The molecule has 0 fully saturated rings. The summed E-state index contributed by atoms with van der Waals surface area (Å²) in [7, 11) is 1.09. The van der Waals surface area contributed by atoms with Gasteiger partial charge in [-0.3, -0.25) is 0 Å². The Morgan fingerprint density at radius 3 is 2.70 bits per heavy atom. The lowest BCUT2D eigenvalue weighted by Crippen LogP contribution is -2.06. The van der Waals surface area contributed by atoms with E-state index in [0.717, 1.165) is 15.8 Å². The fourth-order valence-corrected chi connectivity index (χ4v) is 1.63. The minimum absolute atomic E-state index is 0.151. The molecular weight excluding hydrogens is 255 g/mol. The van der Waals surface area contributed by atoms with Crippen molar-refractivity contribution in [2.75, 3.05) is 0 Å². The molecule has 1 aromatic rings. The number of rotatable bonds is 1. The van der Waals surface area contributed by atoms with Crippen LogP contribution in [-0.2, 0) is 6.61 Å². The second kappa shape index (κ2) is 3.50. The zero-order valence-corrected chi connectivity index (χ0v) is 9.92. The number of benzene rings is 1. The first-order valence-electron chi connectivity index (χ1n) is 3.10. The largest absolute Gasteiger partial charge is 0.392 e. The summed E-state index contributed by atoms with van der Waals surface area (Å²) in [6.45, 7) is 0.151. The highest BCUT2D eigenvalue weighted by Gasteiger charge is 1.94. The Labute approximate surface area is 77.0 Å². The molecular formula is C7H9IOSi. The normalized spacial score (nSPS) is 10.2. The van der Waals surface area contributed by atoms with Gasteiger partial charge in [-0.1, -0.05) is 17.3 Å². The summed E-state index contributed by atoms with van der Waals surface area (Å²) >= 11 is 2.30. The lowest BCUT2D eigenvalue weighted by Gasteiger charge is -1.99. The van der Waals surface area contributed by atoms with Gasteiger partial charge in [0.15, 0.2) is 0 Å². The molecule has 0 aliphatic carbocycles. The molecule has 10 heavy (non-hydrogen) atoms. The molecule has 1 N–H and O–H groups in total.